The number of amides is 2. The van der Waals surface area contributed by atoms with Crippen LogP contribution in [0, 0.1) is 20.8 Å². The van der Waals surface area contributed by atoms with Crippen molar-refractivity contribution in [2.24, 2.45) is 0 Å². The molecule has 2 amide bonds. The summed E-state index contributed by atoms with van der Waals surface area (Å²) in [6.07, 6.45) is 3.35. The van der Waals surface area contributed by atoms with Gasteiger partial charge in [0, 0.05) is 12.1 Å². The Labute approximate surface area is 133 Å². The molecule has 2 unspecified atom stereocenters. The minimum absolute atomic E-state index is 0.0253. The Bertz CT molecular complexity index is 532. The largest absolute Gasteiger partial charge is 0.473 e. The van der Waals surface area contributed by atoms with Gasteiger partial charge in [0.15, 0.2) is 6.73 Å². The van der Waals surface area contributed by atoms with Crippen LogP contribution in [0.2, 0.25) is 0 Å². The Morgan fingerprint density at radius 2 is 1.77 bits per heavy atom. The summed E-state index contributed by atoms with van der Waals surface area (Å²) in [5, 5.41) is 2.90. The summed E-state index contributed by atoms with van der Waals surface area (Å²) in [7, 11) is 0. The fraction of sp³-hybridized carbons (Fsp3) is 0.611. The van der Waals surface area contributed by atoms with Crippen LogP contribution in [0.5, 0.6) is 5.75 Å². The molecule has 2 atom stereocenters. The van der Waals surface area contributed by atoms with Crippen LogP contribution in [-0.2, 0) is 0 Å². The van der Waals surface area contributed by atoms with E-state index in [1.165, 1.54) is 12.0 Å². The first-order valence-corrected chi connectivity index (χ1v) is 8.17. The summed E-state index contributed by atoms with van der Waals surface area (Å²) in [6, 6.07) is 4.71. The maximum Gasteiger partial charge on any atom is 0.320 e. The molecule has 1 aliphatic heterocycles. The van der Waals surface area contributed by atoms with Crippen LogP contribution in [0.25, 0.3) is 0 Å². The van der Waals surface area contributed by atoms with Gasteiger partial charge in [0.05, 0.1) is 0 Å². The lowest BCUT2D eigenvalue weighted by atomic mass is 9.98. The fourth-order valence-electron chi connectivity index (χ4n) is 3.23. The number of piperidine rings is 1. The van der Waals surface area contributed by atoms with Crippen molar-refractivity contribution in [3.8, 4) is 5.75 Å². The van der Waals surface area contributed by atoms with Crippen molar-refractivity contribution in [3.63, 3.8) is 0 Å². The predicted octanol–water partition coefficient (Wildman–Crippen LogP) is 3.92. The zero-order valence-electron chi connectivity index (χ0n) is 14.4. The van der Waals surface area contributed by atoms with E-state index in [-0.39, 0.29) is 12.8 Å². The number of nitrogens with zero attached hydrogens (tertiary/aromatic N) is 1. The minimum atomic E-state index is -0.0253. The molecular formula is C18H28N2O2. The van der Waals surface area contributed by atoms with E-state index in [4.69, 9.17) is 4.74 Å². The van der Waals surface area contributed by atoms with E-state index in [1.54, 1.807) is 0 Å². The van der Waals surface area contributed by atoms with Gasteiger partial charge in [0.25, 0.3) is 0 Å². The summed E-state index contributed by atoms with van der Waals surface area (Å²) in [5.74, 6) is 0.875. The molecule has 1 aromatic rings. The summed E-state index contributed by atoms with van der Waals surface area (Å²) >= 11 is 0. The van der Waals surface area contributed by atoms with Gasteiger partial charge in [-0.05, 0) is 70.6 Å². The predicted molar refractivity (Wildman–Crippen MR) is 89.3 cm³/mol. The van der Waals surface area contributed by atoms with Crippen LogP contribution >= 0.6 is 0 Å². The molecule has 1 N–H and O–H groups in total. The lowest BCUT2D eigenvalue weighted by Crippen LogP contribution is -2.52. The number of hydrogen-bond donors (Lipinski definition) is 1. The molecule has 0 spiro atoms. The van der Waals surface area contributed by atoms with Crippen molar-refractivity contribution in [2.75, 3.05) is 6.73 Å². The Morgan fingerprint density at radius 3 is 2.41 bits per heavy atom. The molecule has 1 aliphatic rings. The third kappa shape index (κ3) is 3.54. The van der Waals surface area contributed by atoms with Gasteiger partial charge < -0.3 is 15.0 Å². The Hall–Kier alpha value is -1.71. The number of hydrogen-bond acceptors (Lipinski definition) is 2. The van der Waals surface area contributed by atoms with Crippen molar-refractivity contribution in [3.05, 3.63) is 28.8 Å². The second-order valence-electron chi connectivity index (χ2n) is 6.46. The maximum atomic E-state index is 12.4. The van der Waals surface area contributed by atoms with Gasteiger partial charge in [0.1, 0.15) is 5.75 Å². The maximum absolute atomic E-state index is 12.4. The Morgan fingerprint density at radius 1 is 1.18 bits per heavy atom. The highest BCUT2D eigenvalue weighted by atomic mass is 16.5. The molecule has 0 radical (unpaired) electrons. The van der Waals surface area contributed by atoms with E-state index in [2.05, 4.69) is 32.2 Å². The van der Waals surface area contributed by atoms with E-state index >= 15 is 0 Å². The topological polar surface area (TPSA) is 41.6 Å². The Balaban J connectivity index is 1.94. The van der Waals surface area contributed by atoms with Crippen LogP contribution < -0.4 is 10.1 Å². The van der Waals surface area contributed by atoms with Crippen LogP contribution in [0.4, 0.5) is 4.79 Å². The number of benzene rings is 1. The van der Waals surface area contributed by atoms with Crippen molar-refractivity contribution >= 4 is 6.03 Å². The van der Waals surface area contributed by atoms with Crippen LogP contribution in [0.1, 0.15) is 49.8 Å². The highest BCUT2D eigenvalue weighted by molar-refractivity contribution is 5.74. The summed E-state index contributed by atoms with van der Waals surface area (Å²) < 4.78 is 5.82. The molecule has 4 heteroatoms. The number of carbonyl (C=O) groups excluding carboxylic acids is 1. The van der Waals surface area contributed by atoms with E-state index < -0.39 is 0 Å². The second-order valence-corrected chi connectivity index (χ2v) is 6.46. The van der Waals surface area contributed by atoms with Gasteiger partial charge in [0.2, 0.25) is 0 Å². The molecule has 1 saturated heterocycles. The van der Waals surface area contributed by atoms with Crippen LogP contribution in [-0.4, -0.2) is 29.7 Å². The van der Waals surface area contributed by atoms with Gasteiger partial charge in [-0.1, -0.05) is 12.1 Å². The number of likely N-dealkylation sites (tertiary alicyclic amines) is 1. The lowest BCUT2D eigenvalue weighted by molar-refractivity contribution is 0.117. The SMILES string of the molecule is Cc1ccc(C)c(OCNC(=O)N2C(C)CCCC2C)c1C. The van der Waals surface area contributed by atoms with Crippen LogP contribution in [0.15, 0.2) is 12.1 Å². The standard InChI is InChI=1S/C18H28N2O2/c1-12-9-10-13(2)17(16(12)5)22-11-19-18(21)20-14(3)7-6-8-15(20)4/h9-10,14-15H,6-8,11H2,1-5H3,(H,19,21). The molecule has 2 rings (SSSR count). The molecule has 4 nitrogen and oxygen atoms in total. The summed E-state index contributed by atoms with van der Waals surface area (Å²) in [5.41, 5.74) is 3.43. The zero-order chi connectivity index (χ0) is 16.3. The molecule has 0 saturated carbocycles. The summed E-state index contributed by atoms with van der Waals surface area (Å²) in [6.45, 7) is 10.6. The minimum Gasteiger partial charge on any atom is -0.473 e. The first-order chi connectivity index (χ1) is 10.4. The monoisotopic (exact) mass is 304 g/mol. The van der Waals surface area contributed by atoms with Gasteiger partial charge in [-0.15, -0.1) is 0 Å². The van der Waals surface area contributed by atoms with E-state index in [0.29, 0.717) is 12.1 Å². The molecule has 0 aliphatic carbocycles. The van der Waals surface area contributed by atoms with Crippen molar-refractivity contribution in [1.82, 2.24) is 10.2 Å². The van der Waals surface area contributed by atoms with Crippen molar-refractivity contribution in [1.29, 1.82) is 0 Å². The number of aryl methyl sites for hydroxylation is 2. The lowest BCUT2D eigenvalue weighted by Gasteiger charge is -2.38. The molecule has 0 aromatic heterocycles. The third-order valence-corrected chi connectivity index (χ3v) is 4.74. The zero-order valence-corrected chi connectivity index (χ0v) is 14.4. The van der Waals surface area contributed by atoms with Crippen molar-refractivity contribution in [2.45, 2.75) is 66.0 Å². The quantitative estimate of drug-likeness (QED) is 0.860. The number of rotatable bonds is 3. The van der Waals surface area contributed by atoms with E-state index in [0.717, 1.165) is 29.7 Å². The molecule has 1 aromatic carbocycles. The molecule has 122 valence electrons. The van der Waals surface area contributed by atoms with Gasteiger partial charge in [-0.3, -0.25) is 0 Å². The van der Waals surface area contributed by atoms with Crippen molar-refractivity contribution < 1.29 is 9.53 Å². The molecule has 1 heterocycles. The second kappa shape index (κ2) is 7.03. The van der Waals surface area contributed by atoms with Gasteiger partial charge in [-0.25, -0.2) is 4.79 Å². The number of ether oxygens (including phenoxy) is 1. The first-order valence-electron chi connectivity index (χ1n) is 8.17. The number of urea groups is 1. The van der Waals surface area contributed by atoms with Crippen LogP contribution in [0.3, 0.4) is 0 Å². The average molecular weight is 304 g/mol. The molecule has 22 heavy (non-hydrogen) atoms. The highest BCUT2D eigenvalue weighted by Gasteiger charge is 2.28. The molecule has 0 bridgehead atoms. The first kappa shape index (κ1) is 16.7. The molecule has 1 fully saturated rings. The average Bonchev–Trinajstić information content (AvgIpc) is 2.46. The Kier molecular flexibility index (Phi) is 5.33. The fourth-order valence-corrected chi connectivity index (χ4v) is 3.23. The van der Waals surface area contributed by atoms with Gasteiger partial charge in [-0.2, -0.15) is 0 Å². The number of carbonyl (C=O) groups is 1. The number of nitrogens with one attached hydrogen (secondary N) is 1. The smallest absolute Gasteiger partial charge is 0.320 e. The van der Waals surface area contributed by atoms with E-state index in [1.807, 2.05) is 24.8 Å². The molecular weight excluding hydrogens is 276 g/mol. The summed E-state index contributed by atoms with van der Waals surface area (Å²) in [4.78, 5) is 14.3. The third-order valence-electron chi connectivity index (χ3n) is 4.74. The normalized spacial score (nSPS) is 21.6. The van der Waals surface area contributed by atoms with E-state index in [9.17, 15) is 4.79 Å². The highest BCUT2D eigenvalue weighted by Crippen LogP contribution is 2.25. The van der Waals surface area contributed by atoms with Gasteiger partial charge >= 0.3 is 6.03 Å².